The lowest BCUT2D eigenvalue weighted by Crippen LogP contribution is -2.12. The number of nitrogen functional groups attached to an aromatic ring is 1. The van der Waals surface area contributed by atoms with Gasteiger partial charge in [-0.3, -0.25) is 4.79 Å². The molecule has 0 spiro atoms. The maximum Gasteiger partial charge on any atom is 0.269 e. The van der Waals surface area contributed by atoms with Crippen molar-refractivity contribution in [1.82, 2.24) is 4.98 Å². The van der Waals surface area contributed by atoms with Gasteiger partial charge in [0.05, 0.1) is 0 Å². The highest BCUT2D eigenvalue weighted by Crippen LogP contribution is 2.31. The van der Waals surface area contributed by atoms with Crippen LogP contribution in [0.3, 0.4) is 0 Å². The van der Waals surface area contributed by atoms with E-state index in [0.29, 0.717) is 10.9 Å². The molecular weight excluding hydrogens is 304 g/mol. The van der Waals surface area contributed by atoms with Crippen LogP contribution in [0.2, 0.25) is 0 Å². The molecule has 1 amide bonds. The maximum absolute atomic E-state index is 12.3. The Balaban J connectivity index is 1.70. The topological polar surface area (TPSA) is 80.0 Å². The first-order valence-corrected chi connectivity index (χ1v) is 8.68. The quantitative estimate of drug-likeness (QED) is 0.737. The summed E-state index contributed by atoms with van der Waals surface area (Å²) in [6.45, 7) is 0. The van der Waals surface area contributed by atoms with Crippen LogP contribution in [0, 0.1) is 0 Å². The average Bonchev–Trinajstić information content (AvgIpc) is 3.21. The van der Waals surface area contributed by atoms with Gasteiger partial charge in [0, 0.05) is 16.6 Å². The van der Waals surface area contributed by atoms with Gasteiger partial charge in [-0.25, -0.2) is 4.98 Å². The van der Waals surface area contributed by atoms with Gasteiger partial charge in [0.25, 0.3) is 5.91 Å². The van der Waals surface area contributed by atoms with E-state index in [1.54, 1.807) is 11.8 Å². The first-order valence-electron chi connectivity index (χ1n) is 6.64. The van der Waals surface area contributed by atoms with Crippen molar-refractivity contribution >= 4 is 45.6 Å². The molecule has 7 heteroatoms. The van der Waals surface area contributed by atoms with Gasteiger partial charge in [-0.15, -0.1) is 11.8 Å². The number of rotatable bonds is 5. The summed E-state index contributed by atoms with van der Waals surface area (Å²) in [6.07, 6.45) is 4.33. The van der Waals surface area contributed by atoms with Gasteiger partial charge in [0.1, 0.15) is 10.7 Å². The molecule has 3 rings (SSSR count). The molecule has 0 aliphatic heterocycles. The van der Waals surface area contributed by atoms with Crippen molar-refractivity contribution in [3.8, 4) is 0 Å². The third-order valence-corrected chi connectivity index (χ3v) is 4.86. The number of carbonyl (C=O) groups excluding carboxylic acids is 1. The Morgan fingerprint density at radius 3 is 2.71 bits per heavy atom. The van der Waals surface area contributed by atoms with Crippen molar-refractivity contribution in [3.63, 3.8) is 0 Å². The van der Waals surface area contributed by atoms with E-state index in [1.165, 1.54) is 11.3 Å². The van der Waals surface area contributed by atoms with E-state index >= 15 is 0 Å². The molecule has 21 heavy (non-hydrogen) atoms. The predicted molar refractivity (Wildman–Crippen MR) is 89.3 cm³/mol. The van der Waals surface area contributed by atoms with Crippen LogP contribution in [0.4, 0.5) is 16.6 Å². The SMILES string of the molecule is CSc1ccc(NC(=O)c2sc(NC3CC3)nc2N)cc1. The molecule has 0 bridgehead atoms. The Bertz CT molecular complexity index is 649. The lowest BCUT2D eigenvalue weighted by molar-refractivity contribution is 0.103. The fourth-order valence-electron chi connectivity index (χ4n) is 1.82. The summed E-state index contributed by atoms with van der Waals surface area (Å²) in [6, 6.07) is 8.19. The van der Waals surface area contributed by atoms with Gasteiger partial charge in [-0.2, -0.15) is 0 Å². The van der Waals surface area contributed by atoms with Gasteiger partial charge in [-0.05, 0) is 43.4 Å². The number of anilines is 3. The Morgan fingerprint density at radius 1 is 1.38 bits per heavy atom. The van der Waals surface area contributed by atoms with E-state index in [-0.39, 0.29) is 11.7 Å². The van der Waals surface area contributed by atoms with Crippen LogP contribution in [0.1, 0.15) is 22.5 Å². The van der Waals surface area contributed by atoms with E-state index < -0.39 is 0 Å². The molecule has 1 heterocycles. The molecule has 1 fully saturated rings. The minimum atomic E-state index is -0.217. The molecule has 1 saturated carbocycles. The fraction of sp³-hybridized carbons (Fsp3) is 0.286. The van der Waals surface area contributed by atoms with Gasteiger partial charge in [0.2, 0.25) is 0 Å². The highest BCUT2D eigenvalue weighted by molar-refractivity contribution is 7.98. The minimum Gasteiger partial charge on any atom is -0.382 e. The average molecular weight is 320 g/mol. The number of thiazole rings is 1. The second kappa shape index (κ2) is 5.95. The first kappa shape index (κ1) is 14.2. The normalized spacial score (nSPS) is 14.0. The monoisotopic (exact) mass is 320 g/mol. The van der Waals surface area contributed by atoms with Gasteiger partial charge in [-0.1, -0.05) is 11.3 Å². The number of benzene rings is 1. The Kier molecular flexibility index (Phi) is 4.03. The first-order chi connectivity index (χ1) is 10.2. The fourth-order valence-corrected chi connectivity index (χ4v) is 3.09. The van der Waals surface area contributed by atoms with E-state index in [0.717, 1.165) is 28.6 Å². The zero-order valence-electron chi connectivity index (χ0n) is 11.6. The highest BCUT2D eigenvalue weighted by Gasteiger charge is 2.24. The molecule has 0 unspecified atom stereocenters. The van der Waals surface area contributed by atoms with Crippen LogP contribution in [-0.2, 0) is 0 Å². The second-order valence-corrected chi connectivity index (χ2v) is 6.71. The van der Waals surface area contributed by atoms with Crippen LogP contribution < -0.4 is 16.4 Å². The number of thioether (sulfide) groups is 1. The predicted octanol–water partition coefficient (Wildman–Crippen LogP) is 3.27. The number of carbonyl (C=O) groups is 1. The number of aromatic nitrogens is 1. The molecule has 4 N–H and O–H groups in total. The summed E-state index contributed by atoms with van der Waals surface area (Å²) >= 11 is 2.96. The third-order valence-electron chi connectivity index (χ3n) is 3.11. The lowest BCUT2D eigenvalue weighted by Gasteiger charge is -2.04. The summed E-state index contributed by atoms with van der Waals surface area (Å²) in [5, 5.41) is 6.82. The zero-order chi connectivity index (χ0) is 14.8. The van der Waals surface area contributed by atoms with Crippen molar-refractivity contribution in [1.29, 1.82) is 0 Å². The molecule has 1 aromatic heterocycles. The number of nitrogens with zero attached hydrogens (tertiary/aromatic N) is 1. The van der Waals surface area contributed by atoms with Gasteiger partial charge >= 0.3 is 0 Å². The molecule has 1 aliphatic rings. The van der Waals surface area contributed by atoms with Crippen molar-refractivity contribution in [3.05, 3.63) is 29.1 Å². The van der Waals surface area contributed by atoms with E-state index in [2.05, 4.69) is 15.6 Å². The minimum absolute atomic E-state index is 0.217. The Morgan fingerprint density at radius 2 is 2.10 bits per heavy atom. The lowest BCUT2D eigenvalue weighted by atomic mass is 10.3. The third kappa shape index (κ3) is 3.48. The summed E-state index contributed by atoms with van der Waals surface area (Å²) in [5.74, 6) is 0.0622. The molecular formula is C14H16N4OS2. The van der Waals surface area contributed by atoms with Gasteiger partial charge < -0.3 is 16.4 Å². The molecule has 0 atom stereocenters. The Hall–Kier alpha value is -1.73. The number of amides is 1. The molecule has 1 aromatic carbocycles. The maximum atomic E-state index is 12.3. The summed E-state index contributed by atoms with van der Waals surface area (Å²) in [4.78, 5) is 18.1. The molecule has 1 aliphatic carbocycles. The van der Waals surface area contributed by atoms with E-state index in [9.17, 15) is 4.79 Å². The molecule has 0 radical (unpaired) electrons. The Labute approximate surface area is 131 Å². The summed E-state index contributed by atoms with van der Waals surface area (Å²) in [5.41, 5.74) is 6.58. The molecule has 2 aromatic rings. The van der Waals surface area contributed by atoms with Crippen LogP contribution in [0.25, 0.3) is 0 Å². The van der Waals surface area contributed by atoms with E-state index in [1.807, 2.05) is 30.5 Å². The van der Waals surface area contributed by atoms with Crippen LogP contribution in [0.5, 0.6) is 0 Å². The zero-order valence-corrected chi connectivity index (χ0v) is 13.2. The highest BCUT2D eigenvalue weighted by atomic mass is 32.2. The smallest absolute Gasteiger partial charge is 0.269 e. The van der Waals surface area contributed by atoms with Crippen molar-refractivity contribution < 1.29 is 4.79 Å². The van der Waals surface area contributed by atoms with Crippen LogP contribution in [-0.4, -0.2) is 23.2 Å². The molecule has 0 saturated heterocycles. The van der Waals surface area contributed by atoms with Crippen molar-refractivity contribution in [2.24, 2.45) is 0 Å². The van der Waals surface area contributed by atoms with Crippen LogP contribution in [0.15, 0.2) is 29.2 Å². The number of hydrogen-bond donors (Lipinski definition) is 3. The summed E-state index contributed by atoms with van der Waals surface area (Å²) < 4.78 is 0. The number of nitrogens with one attached hydrogen (secondary N) is 2. The number of nitrogens with two attached hydrogens (primary N) is 1. The molecule has 110 valence electrons. The molecule has 5 nitrogen and oxygen atoms in total. The van der Waals surface area contributed by atoms with Gasteiger partial charge in [0.15, 0.2) is 5.13 Å². The largest absolute Gasteiger partial charge is 0.382 e. The van der Waals surface area contributed by atoms with E-state index in [4.69, 9.17) is 5.73 Å². The summed E-state index contributed by atoms with van der Waals surface area (Å²) in [7, 11) is 0. The second-order valence-electron chi connectivity index (χ2n) is 4.83. The van der Waals surface area contributed by atoms with Crippen LogP contribution >= 0.6 is 23.1 Å². The number of hydrogen-bond acceptors (Lipinski definition) is 6. The standard InChI is InChI=1S/C14H16N4OS2/c1-20-10-6-4-8(5-7-10)16-13(19)11-12(15)18-14(21-11)17-9-2-3-9/h4-7,9H,2-3,15H2,1H3,(H,16,19)(H,17,18). The van der Waals surface area contributed by atoms with Crippen molar-refractivity contribution in [2.45, 2.75) is 23.8 Å². The van der Waals surface area contributed by atoms with Crippen molar-refractivity contribution in [2.75, 3.05) is 22.6 Å².